The number of benzene rings is 1. The molecule has 2 amide bonds. The van der Waals surface area contributed by atoms with Crippen LogP contribution < -0.4 is 16.4 Å². The number of nitrogens with zero attached hydrogens (tertiary/aromatic N) is 2. The summed E-state index contributed by atoms with van der Waals surface area (Å²) in [5.74, 6) is -0.254. The molecule has 0 saturated heterocycles. The average Bonchev–Trinajstić information content (AvgIpc) is 3.34. The molecule has 8 nitrogen and oxygen atoms in total. The molecule has 0 unspecified atom stereocenters. The van der Waals surface area contributed by atoms with Crippen LogP contribution in [0.2, 0.25) is 0 Å². The molecule has 9 heteroatoms. The highest BCUT2D eigenvalue weighted by Crippen LogP contribution is 2.33. The van der Waals surface area contributed by atoms with E-state index in [1.165, 1.54) is 4.88 Å². The summed E-state index contributed by atoms with van der Waals surface area (Å²) in [5, 5.41) is 1.52. The molecule has 164 valence electrons. The van der Waals surface area contributed by atoms with E-state index in [1.807, 2.05) is 35.9 Å². The van der Waals surface area contributed by atoms with Crippen molar-refractivity contribution in [2.45, 2.75) is 38.5 Å². The van der Waals surface area contributed by atoms with Gasteiger partial charge in [-0.25, -0.2) is 4.98 Å². The molecule has 0 fully saturated rings. The second kappa shape index (κ2) is 8.23. The smallest absolute Gasteiger partial charge is 0.271 e. The molecule has 0 saturated carbocycles. The largest absolute Gasteiger partial charge is 0.350 e. The summed E-state index contributed by atoms with van der Waals surface area (Å²) < 4.78 is 1.87. The van der Waals surface area contributed by atoms with Gasteiger partial charge < -0.3 is 9.55 Å². The van der Waals surface area contributed by atoms with Gasteiger partial charge in [-0.15, -0.1) is 11.3 Å². The molecule has 3 heterocycles. The first-order valence-electron chi connectivity index (χ1n) is 10.7. The third kappa shape index (κ3) is 3.69. The van der Waals surface area contributed by atoms with Crippen LogP contribution in [0.25, 0.3) is 21.1 Å². The molecule has 4 aromatic rings. The van der Waals surface area contributed by atoms with Crippen LogP contribution in [-0.4, -0.2) is 26.3 Å². The molecule has 0 radical (unpaired) electrons. The van der Waals surface area contributed by atoms with Gasteiger partial charge in [0, 0.05) is 41.9 Å². The average molecular weight is 450 g/mol. The van der Waals surface area contributed by atoms with Crippen molar-refractivity contribution in [2.75, 3.05) is 0 Å². The van der Waals surface area contributed by atoms with Crippen LogP contribution in [0.1, 0.15) is 45.9 Å². The number of fused-ring (bicyclic) bond motifs is 4. The fraction of sp³-hybridized carbons (Fsp3) is 0.304. The van der Waals surface area contributed by atoms with Crippen molar-refractivity contribution in [3.63, 3.8) is 0 Å². The van der Waals surface area contributed by atoms with Crippen LogP contribution in [0, 0.1) is 0 Å². The number of carbonyl (C=O) groups excluding carboxylic acids is 2. The van der Waals surface area contributed by atoms with E-state index in [4.69, 9.17) is 0 Å². The van der Waals surface area contributed by atoms with Gasteiger partial charge in [0.2, 0.25) is 5.91 Å². The van der Waals surface area contributed by atoms with Crippen molar-refractivity contribution in [1.82, 2.24) is 25.4 Å². The van der Waals surface area contributed by atoms with Crippen LogP contribution >= 0.6 is 11.3 Å². The first-order valence-corrected chi connectivity index (χ1v) is 11.5. The first kappa shape index (κ1) is 20.4. The Labute approximate surface area is 187 Å². The van der Waals surface area contributed by atoms with Gasteiger partial charge in [0.05, 0.1) is 10.9 Å². The minimum absolute atomic E-state index is 0.0926. The van der Waals surface area contributed by atoms with Gasteiger partial charge in [-0.2, -0.15) is 0 Å². The van der Waals surface area contributed by atoms with Crippen molar-refractivity contribution in [3.8, 4) is 0 Å². The lowest BCUT2D eigenvalue weighted by Crippen LogP contribution is -2.41. The number of carbonyl (C=O) groups is 2. The summed E-state index contributed by atoms with van der Waals surface area (Å²) in [6.45, 7) is 0. The molecular weight excluding hydrogens is 426 g/mol. The van der Waals surface area contributed by atoms with Crippen molar-refractivity contribution in [2.24, 2.45) is 7.05 Å². The van der Waals surface area contributed by atoms with E-state index in [1.54, 1.807) is 17.5 Å². The second-order valence-electron chi connectivity index (χ2n) is 8.08. The zero-order chi connectivity index (χ0) is 22.2. The van der Waals surface area contributed by atoms with E-state index in [0.29, 0.717) is 16.8 Å². The van der Waals surface area contributed by atoms with E-state index < -0.39 is 0 Å². The zero-order valence-electron chi connectivity index (χ0n) is 17.7. The standard InChI is InChI=1S/C23H23N5O3S/c1-28-12-15(13-6-2-4-8-16(13)28)21(30)27-26-19(29)11-10-18-24-22(31)20-14-7-3-5-9-17(14)32-23(20)25-18/h2,4,6,8,12H,3,5,7,9-11H2,1H3,(H,26,29)(H,27,30)(H,24,25,31). The number of aromatic nitrogens is 3. The van der Waals surface area contributed by atoms with Crippen LogP contribution in [-0.2, 0) is 31.1 Å². The summed E-state index contributed by atoms with van der Waals surface area (Å²) >= 11 is 1.59. The van der Waals surface area contributed by atoms with Crippen LogP contribution in [0.15, 0.2) is 35.3 Å². The number of aryl methyl sites for hydroxylation is 4. The molecule has 3 N–H and O–H groups in total. The Morgan fingerprint density at radius 2 is 2.00 bits per heavy atom. The predicted octanol–water partition coefficient (Wildman–Crippen LogP) is 2.75. The second-order valence-corrected chi connectivity index (χ2v) is 9.16. The molecule has 1 aliphatic rings. The maximum absolute atomic E-state index is 12.6. The number of hydrazine groups is 1. The van der Waals surface area contributed by atoms with Gasteiger partial charge in [0.1, 0.15) is 10.7 Å². The Morgan fingerprint density at radius 3 is 2.88 bits per heavy atom. The van der Waals surface area contributed by atoms with Gasteiger partial charge >= 0.3 is 0 Å². The number of nitrogens with one attached hydrogen (secondary N) is 3. The highest BCUT2D eigenvalue weighted by atomic mass is 32.1. The van der Waals surface area contributed by atoms with E-state index in [9.17, 15) is 14.4 Å². The Morgan fingerprint density at radius 1 is 1.19 bits per heavy atom. The molecule has 1 aromatic carbocycles. The third-order valence-corrected chi connectivity index (χ3v) is 7.11. The summed E-state index contributed by atoms with van der Waals surface area (Å²) in [7, 11) is 1.87. The van der Waals surface area contributed by atoms with Gasteiger partial charge in [0.15, 0.2) is 0 Å². The molecular formula is C23H23N5O3S. The fourth-order valence-corrected chi connectivity index (χ4v) is 5.62. The highest BCUT2D eigenvalue weighted by Gasteiger charge is 2.20. The maximum Gasteiger partial charge on any atom is 0.271 e. The van der Waals surface area contributed by atoms with E-state index in [-0.39, 0.29) is 30.2 Å². The molecule has 0 aliphatic heterocycles. The predicted molar refractivity (Wildman–Crippen MR) is 124 cm³/mol. The lowest BCUT2D eigenvalue weighted by molar-refractivity contribution is -0.121. The lowest BCUT2D eigenvalue weighted by Gasteiger charge is -2.09. The van der Waals surface area contributed by atoms with Crippen molar-refractivity contribution in [3.05, 3.63) is 62.6 Å². The molecule has 0 atom stereocenters. The minimum atomic E-state index is -0.382. The normalized spacial score (nSPS) is 13.3. The Kier molecular flexibility index (Phi) is 5.26. The highest BCUT2D eigenvalue weighted by molar-refractivity contribution is 7.18. The summed E-state index contributed by atoms with van der Waals surface area (Å²) in [5.41, 5.74) is 7.36. The van der Waals surface area contributed by atoms with Crippen LogP contribution in [0.3, 0.4) is 0 Å². The van der Waals surface area contributed by atoms with E-state index in [2.05, 4.69) is 20.8 Å². The molecule has 5 rings (SSSR count). The number of rotatable bonds is 4. The zero-order valence-corrected chi connectivity index (χ0v) is 18.5. The summed E-state index contributed by atoms with van der Waals surface area (Å²) in [6.07, 6.45) is 6.29. The fourth-order valence-electron chi connectivity index (χ4n) is 4.34. The van der Waals surface area contributed by atoms with Crippen LogP contribution in [0.5, 0.6) is 0 Å². The molecule has 1 aliphatic carbocycles. The number of H-pyrrole nitrogens is 1. The number of aromatic amines is 1. The minimum Gasteiger partial charge on any atom is -0.350 e. The molecule has 0 spiro atoms. The van der Waals surface area contributed by atoms with Gasteiger partial charge in [-0.05, 0) is 37.3 Å². The number of amides is 2. The monoisotopic (exact) mass is 449 g/mol. The van der Waals surface area contributed by atoms with Crippen molar-refractivity contribution >= 4 is 44.3 Å². The quantitative estimate of drug-likeness (QED) is 0.416. The van der Waals surface area contributed by atoms with Crippen molar-refractivity contribution in [1.29, 1.82) is 0 Å². The topological polar surface area (TPSA) is 109 Å². The summed E-state index contributed by atoms with van der Waals surface area (Å²) in [6, 6.07) is 7.57. The Balaban J connectivity index is 1.23. The Hall–Kier alpha value is -3.46. The lowest BCUT2D eigenvalue weighted by atomic mass is 9.97. The van der Waals surface area contributed by atoms with Gasteiger partial charge in [-0.1, -0.05) is 18.2 Å². The summed E-state index contributed by atoms with van der Waals surface area (Å²) in [4.78, 5) is 46.9. The molecule has 0 bridgehead atoms. The van der Waals surface area contributed by atoms with Crippen molar-refractivity contribution < 1.29 is 9.59 Å². The van der Waals surface area contributed by atoms with Gasteiger partial charge in [-0.3, -0.25) is 25.2 Å². The number of hydrogen-bond acceptors (Lipinski definition) is 5. The number of para-hydroxylation sites is 1. The first-order chi connectivity index (χ1) is 15.5. The Bertz CT molecular complexity index is 1410. The maximum atomic E-state index is 12.6. The van der Waals surface area contributed by atoms with Crippen LogP contribution in [0.4, 0.5) is 0 Å². The SMILES string of the molecule is Cn1cc(C(=O)NNC(=O)CCc2nc3sc4c(c3c(=O)[nH]2)CCCC4)c2ccccc21. The number of hydrogen-bond donors (Lipinski definition) is 3. The van der Waals surface area contributed by atoms with E-state index >= 15 is 0 Å². The van der Waals surface area contributed by atoms with E-state index in [0.717, 1.165) is 47.0 Å². The van der Waals surface area contributed by atoms with Gasteiger partial charge in [0.25, 0.3) is 11.5 Å². The molecule has 32 heavy (non-hydrogen) atoms. The molecule has 3 aromatic heterocycles. The third-order valence-electron chi connectivity index (χ3n) is 5.92. The number of thiophene rings is 1.